The quantitative estimate of drug-likeness (QED) is 0.392. The predicted octanol–water partition coefficient (Wildman–Crippen LogP) is 5.67. The molecule has 5 rings (SSSR count). The first-order valence-electron chi connectivity index (χ1n) is 13.2. The van der Waals surface area contributed by atoms with Crippen molar-refractivity contribution in [2.75, 3.05) is 26.0 Å². The van der Waals surface area contributed by atoms with Crippen molar-refractivity contribution in [2.24, 2.45) is 5.92 Å². The van der Waals surface area contributed by atoms with Gasteiger partial charge in [0.05, 0.1) is 0 Å². The van der Waals surface area contributed by atoms with Crippen molar-refractivity contribution in [3.05, 3.63) is 77.4 Å². The Bertz CT molecular complexity index is 1510. The zero-order chi connectivity index (χ0) is 27.9. The maximum atomic E-state index is 12.7. The number of hydrogen-bond acceptors (Lipinski definition) is 7. The SMILES string of the molecule is CC1=C(c2cccc(O)c2)C(c2ccc(OCC(C)N3CCC(C)C3)cc2)Oc2ccc(O)c(S(C)(=O)=O)c21. The summed E-state index contributed by atoms with van der Waals surface area (Å²) in [7, 11) is -3.77. The van der Waals surface area contributed by atoms with Gasteiger partial charge in [0.1, 0.15) is 40.6 Å². The van der Waals surface area contributed by atoms with E-state index in [2.05, 4.69) is 18.7 Å². The summed E-state index contributed by atoms with van der Waals surface area (Å²) in [6.07, 6.45) is 1.72. The number of phenolic OH excluding ortho intramolecular Hbond substituents is 2. The highest BCUT2D eigenvalue weighted by molar-refractivity contribution is 7.90. The van der Waals surface area contributed by atoms with Gasteiger partial charge < -0.3 is 19.7 Å². The van der Waals surface area contributed by atoms with Gasteiger partial charge in [-0.3, -0.25) is 4.90 Å². The molecule has 0 aromatic heterocycles. The van der Waals surface area contributed by atoms with Crippen LogP contribution in [-0.4, -0.2) is 55.5 Å². The summed E-state index contributed by atoms with van der Waals surface area (Å²) in [5.41, 5.74) is 3.23. The molecule has 3 aromatic carbocycles. The molecule has 2 heterocycles. The summed E-state index contributed by atoms with van der Waals surface area (Å²) in [5.74, 6) is 1.61. The van der Waals surface area contributed by atoms with Gasteiger partial charge in [-0.15, -0.1) is 0 Å². The first kappa shape index (κ1) is 27.1. The first-order chi connectivity index (χ1) is 18.5. The molecule has 0 radical (unpaired) electrons. The fourth-order valence-corrected chi connectivity index (χ4v) is 6.68. The molecule has 2 N–H and O–H groups in total. The molecular weight excluding hydrogens is 514 g/mol. The normalized spacial score (nSPS) is 20.4. The van der Waals surface area contributed by atoms with Crippen molar-refractivity contribution < 1.29 is 28.1 Å². The van der Waals surface area contributed by atoms with Gasteiger partial charge in [-0.1, -0.05) is 31.2 Å². The zero-order valence-electron chi connectivity index (χ0n) is 22.7. The lowest BCUT2D eigenvalue weighted by Crippen LogP contribution is -2.35. The maximum absolute atomic E-state index is 12.7. The molecule has 206 valence electrons. The molecule has 0 bridgehead atoms. The number of hydrogen-bond donors (Lipinski definition) is 2. The Labute approximate surface area is 230 Å². The summed E-state index contributed by atoms with van der Waals surface area (Å²) >= 11 is 0. The smallest absolute Gasteiger partial charge is 0.179 e. The Balaban J connectivity index is 1.50. The van der Waals surface area contributed by atoms with E-state index in [1.54, 1.807) is 24.3 Å². The van der Waals surface area contributed by atoms with Crippen LogP contribution in [-0.2, 0) is 9.84 Å². The molecule has 0 amide bonds. The van der Waals surface area contributed by atoms with E-state index >= 15 is 0 Å². The van der Waals surface area contributed by atoms with Crippen LogP contribution in [0.5, 0.6) is 23.0 Å². The molecule has 2 aliphatic heterocycles. The summed E-state index contributed by atoms with van der Waals surface area (Å²) in [5, 5.41) is 20.7. The summed E-state index contributed by atoms with van der Waals surface area (Å²) in [6, 6.07) is 17.8. The van der Waals surface area contributed by atoms with Crippen LogP contribution in [0.25, 0.3) is 11.1 Å². The van der Waals surface area contributed by atoms with E-state index in [9.17, 15) is 18.6 Å². The maximum Gasteiger partial charge on any atom is 0.179 e. The van der Waals surface area contributed by atoms with Crippen LogP contribution < -0.4 is 9.47 Å². The second-order valence-corrected chi connectivity index (χ2v) is 12.7. The molecule has 3 atom stereocenters. The van der Waals surface area contributed by atoms with E-state index in [1.165, 1.54) is 12.5 Å². The third kappa shape index (κ3) is 5.49. The van der Waals surface area contributed by atoms with E-state index < -0.39 is 15.9 Å². The number of likely N-dealkylation sites (tertiary alicyclic amines) is 1. The summed E-state index contributed by atoms with van der Waals surface area (Å²) in [6.45, 7) is 9.10. The van der Waals surface area contributed by atoms with Crippen molar-refractivity contribution in [3.63, 3.8) is 0 Å². The topological polar surface area (TPSA) is 96.3 Å². The Morgan fingerprint density at radius 2 is 1.85 bits per heavy atom. The van der Waals surface area contributed by atoms with E-state index in [0.717, 1.165) is 36.6 Å². The molecule has 0 aliphatic carbocycles. The largest absolute Gasteiger partial charge is 0.508 e. The van der Waals surface area contributed by atoms with Crippen LogP contribution in [0.3, 0.4) is 0 Å². The van der Waals surface area contributed by atoms with E-state index in [4.69, 9.17) is 9.47 Å². The van der Waals surface area contributed by atoms with Crippen LogP contribution in [0.2, 0.25) is 0 Å². The van der Waals surface area contributed by atoms with Crippen molar-refractivity contribution in [3.8, 4) is 23.0 Å². The van der Waals surface area contributed by atoms with Crippen molar-refractivity contribution in [2.45, 2.75) is 44.2 Å². The summed E-state index contributed by atoms with van der Waals surface area (Å²) < 4.78 is 37.9. The van der Waals surface area contributed by atoms with Gasteiger partial charge in [0.2, 0.25) is 0 Å². The lowest BCUT2D eigenvalue weighted by Gasteiger charge is -2.32. The van der Waals surface area contributed by atoms with E-state index in [0.29, 0.717) is 40.7 Å². The van der Waals surface area contributed by atoms with Gasteiger partial charge in [-0.05, 0) is 85.8 Å². The Hall–Kier alpha value is -3.49. The second-order valence-electron chi connectivity index (χ2n) is 10.8. The number of phenols is 2. The van der Waals surface area contributed by atoms with Gasteiger partial charge in [0.15, 0.2) is 9.84 Å². The number of ether oxygens (including phenoxy) is 2. The van der Waals surface area contributed by atoms with Crippen LogP contribution in [0.1, 0.15) is 50.0 Å². The third-order valence-corrected chi connectivity index (χ3v) is 8.82. The minimum Gasteiger partial charge on any atom is -0.508 e. The number of benzene rings is 3. The number of aromatic hydroxyl groups is 2. The fourth-order valence-electron chi connectivity index (χ4n) is 5.61. The van der Waals surface area contributed by atoms with E-state index in [-0.39, 0.29) is 16.4 Å². The average Bonchev–Trinajstić information content (AvgIpc) is 3.33. The molecule has 1 fully saturated rings. The molecule has 3 unspecified atom stereocenters. The molecule has 39 heavy (non-hydrogen) atoms. The lowest BCUT2D eigenvalue weighted by molar-refractivity contribution is 0.169. The van der Waals surface area contributed by atoms with Crippen LogP contribution in [0, 0.1) is 5.92 Å². The molecule has 0 spiro atoms. The van der Waals surface area contributed by atoms with Crippen molar-refractivity contribution >= 4 is 21.0 Å². The highest BCUT2D eigenvalue weighted by Crippen LogP contribution is 2.50. The molecule has 3 aromatic rings. The Kier molecular flexibility index (Phi) is 7.35. The van der Waals surface area contributed by atoms with Gasteiger partial charge in [0, 0.05) is 30.0 Å². The fraction of sp³-hybridized carbons (Fsp3) is 0.355. The van der Waals surface area contributed by atoms with Gasteiger partial charge >= 0.3 is 0 Å². The standard InChI is InChI=1S/C31H35NO6S/c1-19-14-15-32(17-19)20(2)18-37-25-10-8-22(9-11-25)30-28(23-6-5-7-24(33)16-23)21(3)29-27(38-30)13-12-26(34)31(29)39(4,35)36/h5-13,16,19-20,30,33-34H,14-15,17-18H2,1-4H3. The minimum absolute atomic E-state index is 0.0851. The molecule has 1 saturated heterocycles. The molecular formula is C31H35NO6S. The van der Waals surface area contributed by atoms with Gasteiger partial charge in [-0.25, -0.2) is 8.42 Å². The van der Waals surface area contributed by atoms with Crippen LogP contribution >= 0.6 is 0 Å². The zero-order valence-corrected chi connectivity index (χ0v) is 23.5. The first-order valence-corrected chi connectivity index (χ1v) is 15.1. The molecule has 8 heteroatoms. The number of sulfone groups is 1. The van der Waals surface area contributed by atoms with E-state index in [1.807, 2.05) is 37.3 Å². The second kappa shape index (κ2) is 10.6. The minimum atomic E-state index is -3.77. The molecule has 7 nitrogen and oxygen atoms in total. The highest BCUT2D eigenvalue weighted by atomic mass is 32.2. The lowest BCUT2D eigenvalue weighted by atomic mass is 9.86. The number of rotatable bonds is 7. The number of fused-ring (bicyclic) bond motifs is 1. The van der Waals surface area contributed by atoms with Crippen molar-refractivity contribution in [1.82, 2.24) is 4.90 Å². The number of nitrogens with zero attached hydrogens (tertiary/aromatic N) is 1. The Morgan fingerprint density at radius 1 is 1.10 bits per heavy atom. The predicted molar refractivity (Wildman–Crippen MR) is 152 cm³/mol. The van der Waals surface area contributed by atoms with Crippen molar-refractivity contribution in [1.29, 1.82) is 0 Å². The highest BCUT2D eigenvalue weighted by Gasteiger charge is 2.34. The monoisotopic (exact) mass is 549 g/mol. The molecule has 2 aliphatic rings. The summed E-state index contributed by atoms with van der Waals surface area (Å²) in [4.78, 5) is 2.29. The molecule has 0 saturated carbocycles. The Morgan fingerprint density at radius 3 is 2.49 bits per heavy atom. The van der Waals surface area contributed by atoms with Crippen LogP contribution in [0.15, 0.2) is 65.6 Å². The third-order valence-electron chi connectivity index (χ3n) is 7.67. The average molecular weight is 550 g/mol. The number of allylic oxidation sites excluding steroid dienone is 1. The van der Waals surface area contributed by atoms with Gasteiger partial charge in [-0.2, -0.15) is 0 Å². The van der Waals surface area contributed by atoms with Gasteiger partial charge in [0.25, 0.3) is 0 Å². The van der Waals surface area contributed by atoms with Crippen LogP contribution in [0.4, 0.5) is 0 Å².